The third kappa shape index (κ3) is 6.24. The molecule has 1 aliphatic heterocycles. The van der Waals surface area contributed by atoms with Crippen molar-refractivity contribution in [2.24, 2.45) is 5.92 Å². The van der Waals surface area contributed by atoms with Crippen LogP contribution < -0.4 is 0 Å². The van der Waals surface area contributed by atoms with Crippen LogP contribution in [0.4, 0.5) is 0 Å². The lowest BCUT2D eigenvalue weighted by molar-refractivity contribution is -0.148. The van der Waals surface area contributed by atoms with Crippen LogP contribution >= 0.6 is 11.6 Å². The van der Waals surface area contributed by atoms with E-state index < -0.39 is 0 Å². The van der Waals surface area contributed by atoms with E-state index in [1.807, 2.05) is 19.9 Å². The Balaban J connectivity index is 1.48. The molecule has 7 nitrogen and oxygen atoms in total. The number of aryl methyl sites for hydroxylation is 1. The van der Waals surface area contributed by atoms with Gasteiger partial charge in [0.2, 0.25) is 5.78 Å². The Labute approximate surface area is 199 Å². The minimum absolute atomic E-state index is 0.0745. The lowest BCUT2D eigenvalue weighted by atomic mass is 9.96. The Kier molecular flexibility index (Phi) is 8.69. The summed E-state index contributed by atoms with van der Waals surface area (Å²) >= 11 is 5.88. The lowest BCUT2D eigenvalue weighted by Crippen LogP contribution is -2.40. The second-order valence-electron chi connectivity index (χ2n) is 8.39. The fraction of sp³-hybridized carbons (Fsp3) is 0.480. The van der Waals surface area contributed by atoms with Crippen LogP contribution in [0, 0.1) is 19.8 Å². The fourth-order valence-electron chi connectivity index (χ4n) is 4.22. The van der Waals surface area contributed by atoms with E-state index in [0.29, 0.717) is 48.7 Å². The molecule has 1 amide bonds. The number of nitrogens with zero attached hydrogens (tertiary/aromatic N) is 2. The highest BCUT2D eigenvalue weighted by Crippen LogP contribution is 2.22. The van der Waals surface area contributed by atoms with E-state index in [9.17, 15) is 14.4 Å². The third-order valence-corrected chi connectivity index (χ3v) is 6.41. The molecule has 0 saturated carbocycles. The Morgan fingerprint density at radius 2 is 1.76 bits per heavy atom. The minimum atomic E-state index is -0.379. The van der Waals surface area contributed by atoms with Crippen LogP contribution in [0.25, 0.3) is 0 Å². The molecule has 33 heavy (non-hydrogen) atoms. The molecular formula is C25H31ClN2O5. The Morgan fingerprint density at radius 1 is 1.09 bits per heavy atom. The number of hydrogen-bond acceptors (Lipinski definition) is 5. The maximum atomic E-state index is 12.7. The number of amides is 1. The molecule has 2 aromatic rings. The molecular weight excluding hydrogens is 444 g/mol. The van der Waals surface area contributed by atoms with Gasteiger partial charge < -0.3 is 18.9 Å². The number of ether oxygens (including phenoxy) is 2. The predicted molar refractivity (Wildman–Crippen MR) is 126 cm³/mol. The number of Topliss-reactive ketones (excluding diaryl/α,β-unsaturated/α-hetero) is 1. The largest absolute Gasteiger partial charge is 0.457 e. The first-order valence-corrected chi connectivity index (χ1v) is 11.6. The number of esters is 1. The number of hydrogen-bond donors (Lipinski definition) is 0. The van der Waals surface area contributed by atoms with Crippen LogP contribution in [0.5, 0.6) is 0 Å². The summed E-state index contributed by atoms with van der Waals surface area (Å²) in [6.07, 6.45) is 1.88. The van der Waals surface area contributed by atoms with Crippen molar-refractivity contribution in [2.45, 2.75) is 39.7 Å². The van der Waals surface area contributed by atoms with E-state index in [1.165, 1.54) is 0 Å². The fourth-order valence-corrected chi connectivity index (χ4v) is 4.35. The zero-order valence-electron chi connectivity index (χ0n) is 19.4. The smallest absolute Gasteiger partial charge is 0.309 e. The van der Waals surface area contributed by atoms with Gasteiger partial charge in [0.25, 0.3) is 5.91 Å². The summed E-state index contributed by atoms with van der Waals surface area (Å²) in [7, 11) is 1.67. The molecule has 0 atom stereocenters. The van der Waals surface area contributed by atoms with Crippen molar-refractivity contribution in [1.82, 2.24) is 9.47 Å². The van der Waals surface area contributed by atoms with Crippen molar-refractivity contribution in [1.29, 1.82) is 0 Å². The van der Waals surface area contributed by atoms with Gasteiger partial charge in [-0.2, -0.15) is 0 Å². The van der Waals surface area contributed by atoms with E-state index in [-0.39, 0.29) is 30.2 Å². The highest BCUT2D eigenvalue weighted by atomic mass is 35.5. The Bertz CT molecular complexity index is 991. The first kappa shape index (κ1) is 25.0. The van der Waals surface area contributed by atoms with Crippen LogP contribution in [0.2, 0.25) is 5.02 Å². The number of carbonyl (C=O) groups is 3. The molecule has 0 bridgehead atoms. The van der Waals surface area contributed by atoms with Crippen molar-refractivity contribution in [2.75, 3.05) is 33.4 Å². The van der Waals surface area contributed by atoms with Gasteiger partial charge in [-0.1, -0.05) is 11.6 Å². The number of likely N-dealkylation sites (tertiary alicyclic amines) is 1. The monoisotopic (exact) mass is 474 g/mol. The average Bonchev–Trinajstić information content (AvgIpc) is 3.11. The molecule has 0 aliphatic carbocycles. The Hall–Kier alpha value is -2.64. The van der Waals surface area contributed by atoms with Crippen LogP contribution in [-0.2, 0) is 20.8 Å². The average molecular weight is 475 g/mol. The molecule has 0 N–H and O–H groups in total. The highest BCUT2D eigenvalue weighted by Gasteiger charge is 2.29. The van der Waals surface area contributed by atoms with E-state index >= 15 is 0 Å². The van der Waals surface area contributed by atoms with E-state index in [0.717, 1.165) is 24.4 Å². The molecule has 1 aromatic heterocycles. The number of ketones is 1. The summed E-state index contributed by atoms with van der Waals surface area (Å²) in [5.41, 5.74) is 3.03. The molecule has 1 saturated heterocycles. The van der Waals surface area contributed by atoms with Gasteiger partial charge in [-0.15, -0.1) is 0 Å². The van der Waals surface area contributed by atoms with Gasteiger partial charge in [0.1, 0.15) is 0 Å². The summed E-state index contributed by atoms with van der Waals surface area (Å²) in [5.74, 6) is -0.969. The van der Waals surface area contributed by atoms with Crippen LogP contribution in [-0.4, -0.2) is 60.5 Å². The molecule has 1 fully saturated rings. The predicted octanol–water partition coefficient (Wildman–Crippen LogP) is 4.07. The summed E-state index contributed by atoms with van der Waals surface area (Å²) < 4.78 is 12.5. The number of carbonyl (C=O) groups excluding carboxylic acids is 3. The second-order valence-corrected chi connectivity index (χ2v) is 8.82. The van der Waals surface area contributed by atoms with Gasteiger partial charge in [-0.25, -0.2) is 0 Å². The van der Waals surface area contributed by atoms with Gasteiger partial charge in [-0.3, -0.25) is 14.4 Å². The van der Waals surface area contributed by atoms with Gasteiger partial charge in [-0.05, 0) is 63.4 Å². The number of rotatable bonds is 9. The molecule has 178 valence electrons. The molecule has 0 radical (unpaired) electrons. The molecule has 2 heterocycles. The molecule has 1 aromatic carbocycles. The second kappa shape index (κ2) is 11.5. The normalized spacial score (nSPS) is 14.4. The van der Waals surface area contributed by atoms with Gasteiger partial charge in [0, 0.05) is 60.9 Å². The minimum Gasteiger partial charge on any atom is -0.457 e. The SMILES string of the molecule is COCCCn1c(C)cc(C(=O)COC(=O)C2CCN(C(=O)c3ccc(Cl)cc3)CC2)c1C. The van der Waals surface area contributed by atoms with Crippen molar-refractivity contribution in [3.63, 3.8) is 0 Å². The summed E-state index contributed by atoms with van der Waals surface area (Å²) in [6, 6.07) is 8.62. The number of benzene rings is 1. The van der Waals surface area contributed by atoms with Gasteiger partial charge >= 0.3 is 5.97 Å². The quantitative estimate of drug-likeness (QED) is 0.311. The van der Waals surface area contributed by atoms with Gasteiger partial charge in [0.05, 0.1) is 5.92 Å². The maximum Gasteiger partial charge on any atom is 0.309 e. The summed E-state index contributed by atoms with van der Waals surface area (Å²) in [5, 5.41) is 0.579. The number of aromatic nitrogens is 1. The molecule has 0 spiro atoms. The molecule has 8 heteroatoms. The zero-order valence-corrected chi connectivity index (χ0v) is 20.2. The van der Waals surface area contributed by atoms with E-state index in [4.69, 9.17) is 21.1 Å². The number of methoxy groups -OCH3 is 1. The van der Waals surface area contributed by atoms with Crippen LogP contribution in [0.15, 0.2) is 30.3 Å². The molecule has 3 rings (SSSR count). The lowest BCUT2D eigenvalue weighted by Gasteiger charge is -2.31. The topological polar surface area (TPSA) is 77.8 Å². The first-order chi connectivity index (χ1) is 15.8. The van der Waals surface area contributed by atoms with Crippen molar-refractivity contribution in [3.05, 3.63) is 57.9 Å². The standard InChI is InChI=1S/C25H31ClN2O5/c1-17-15-22(18(2)28(17)11-4-14-32-3)23(29)16-33-25(31)20-9-12-27(13-10-20)24(30)19-5-7-21(26)8-6-19/h5-8,15,20H,4,9-14,16H2,1-3H3. The Morgan fingerprint density at radius 3 is 2.39 bits per heavy atom. The first-order valence-electron chi connectivity index (χ1n) is 11.2. The zero-order chi connectivity index (χ0) is 24.0. The van der Waals surface area contributed by atoms with Crippen molar-refractivity contribution < 1.29 is 23.9 Å². The van der Waals surface area contributed by atoms with E-state index in [1.54, 1.807) is 36.3 Å². The van der Waals surface area contributed by atoms with Crippen molar-refractivity contribution in [3.8, 4) is 0 Å². The summed E-state index contributed by atoms with van der Waals surface area (Å²) in [4.78, 5) is 39.6. The maximum absolute atomic E-state index is 12.7. The van der Waals surface area contributed by atoms with Gasteiger partial charge in [0.15, 0.2) is 6.61 Å². The number of piperidine rings is 1. The summed E-state index contributed by atoms with van der Waals surface area (Å²) in [6.45, 7) is 5.96. The van der Waals surface area contributed by atoms with Crippen LogP contribution in [0.3, 0.4) is 0 Å². The molecule has 1 aliphatic rings. The highest BCUT2D eigenvalue weighted by molar-refractivity contribution is 6.30. The van der Waals surface area contributed by atoms with Crippen molar-refractivity contribution >= 4 is 29.3 Å². The third-order valence-electron chi connectivity index (χ3n) is 6.16. The number of halogens is 1. The van der Waals surface area contributed by atoms with Crippen LogP contribution in [0.1, 0.15) is 51.4 Å². The van der Waals surface area contributed by atoms with E-state index in [2.05, 4.69) is 4.57 Å². The molecule has 0 unspecified atom stereocenters.